The van der Waals surface area contributed by atoms with Crippen LogP contribution in [-0.2, 0) is 6.54 Å². The van der Waals surface area contributed by atoms with Crippen LogP contribution >= 0.6 is 0 Å². The van der Waals surface area contributed by atoms with Gasteiger partial charge >= 0.3 is 0 Å². The number of hydrogen-bond acceptors (Lipinski definition) is 2. The van der Waals surface area contributed by atoms with Crippen LogP contribution in [0.3, 0.4) is 0 Å². The van der Waals surface area contributed by atoms with Crippen molar-refractivity contribution in [2.75, 3.05) is 13.1 Å². The topological polar surface area (TPSA) is 54.2 Å². The van der Waals surface area contributed by atoms with Crippen molar-refractivity contribution in [1.82, 2.24) is 20.4 Å². The SMILES string of the molecule is CCNC(=NCCCn1nc(C)cc1C)NC(C)CC. The zero-order valence-corrected chi connectivity index (χ0v) is 13.5. The molecule has 5 nitrogen and oxygen atoms in total. The molecular weight excluding hydrogens is 250 g/mol. The molecule has 1 aromatic heterocycles. The predicted molar refractivity (Wildman–Crippen MR) is 85.2 cm³/mol. The lowest BCUT2D eigenvalue weighted by molar-refractivity contribution is 0.565. The summed E-state index contributed by atoms with van der Waals surface area (Å²) in [6.07, 6.45) is 2.09. The second-order valence-electron chi connectivity index (χ2n) is 5.22. The highest BCUT2D eigenvalue weighted by molar-refractivity contribution is 5.79. The van der Waals surface area contributed by atoms with E-state index < -0.39 is 0 Å². The van der Waals surface area contributed by atoms with E-state index in [0.29, 0.717) is 6.04 Å². The molecule has 5 heteroatoms. The second-order valence-corrected chi connectivity index (χ2v) is 5.22. The summed E-state index contributed by atoms with van der Waals surface area (Å²) in [6.45, 7) is 13.2. The van der Waals surface area contributed by atoms with Gasteiger partial charge in [-0.3, -0.25) is 9.67 Å². The predicted octanol–water partition coefficient (Wildman–Crippen LogP) is 2.24. The number of aliphatic imine (C=N–C) groups is 1. The average molecular weight is 279 g/mol. The van der Waals surface area contributed by atoms with E-state index in [9.17, 15) is 0 Å². The van der Waals surface area contributed by atoms with E-state index >= 15 is 0 Å². The summed E-state index contributed by atoms with van der Waals surface area (Å²) in [6, 6.07) is 2.56. The van der Waals surface area contributed by atoms with Crippen molar-refractivity contribution in [2.45, 2.75) is 60.0 Å². The number of guanidine groups is 1. The molecule has 0 aliphatic carbocycles. The molecule has 0 amide bonds. The highest BCUT2D eigenvalue weighted by atomic mass is 15.3. The van der Waals surface area contributed by atoms with Crippen LogP contribution in [0.5, 0.6) is 0 Å². The summed E-state index contributed by atoms with van der Waals surface area (Å²) in [5, 5.41) is 11.1. The number of rotatable bonds is 7. The van der Waals surface area contributed by atoms with Gasteiger partial charge in [-0.05, 0) is 46.6 Å². The van der Waals surface area contributed by atoms with E-state index in [1.165, 1.54) is 5.69 Å². The van der Waals surface area contributed by atoms with E-state index in [0.717, 1.165) is 44.1 Å². The standard InChI is InChI=1S/C15H29N5/c1-6-12(3)18-15(16-7-2)17-9-8-10-20-14(5)11-13(4)19-20/h11-12H,6-10H2,1-5H3,(H2,16,17,18). The molecular formula is C15H29N5. The van der Waals surface area contributed by atoms with Crippen molar-refractivity contribution in [3.05, 3.63) is 17.5 Å². The van der Waals surface area contributed by atoms with Gasteiger partial charge in [0.25, 0.3) is 0 Å². The molecule has 20 heavy (non-hydrogen) atoms. The van der Waals surface area contributed by atoms with Gasteiger partial charge in [-0.15, -0.1) is 0 Å². The van der Waals surface area contributed by atoms with Crippen LogP contribution in [0.25, 0.3) is 0 Å². The zero-order chi connectivity index (χ0) is 15.0. The van der Waals surface area contributed by atoms with E-state index in [4.69, 9.17) is 0 Å². The first kappa shape index (κ1) is 16.5. The Morgan fingerprint density at radius 2 is 2.15 bits per heavy atom. The van der Waals surface area contributed by atoms with Gasteiger partial charge in [-0.1, -0.05) is 6.92 Å². The highest BCUT2D eigenvalue weighted by Gasteiger charge is 2.03. The summed E-state index contributed by atoms with van der Waals surface area (Å²) in [4.78, 5) is 4.61. The molecule has 0 aliphatic rings. The molecule has 0 fully saturated rings. The number of nitrogens with one attached hydrogen (secondary N) is 2. The van der Waals surface area contributed by atoms with Crippen molar-refractivity contribution in [1.29, 1.82) is 0 Å². The Bertz CT molecular complexity index is 422. The van der Waals surface area contributed by atoms with Gasteiger partial charge in [0, 0.05) is 31.4 Å². The molecule has 0 aliphatic heterocycles. The van der Waals surface area contributed by atoms with E-state index in [1.54, 1.807) is 0 Å². The van der Waals surface area contributed by atoms with Gasteiger partial charge < -0.3 is 10.6 Å². The summed E-state index contributed by atoms with van der Waals surface area (Å²) < 4.78 is 2.06. The third-order valence-corrected chi connectivity index (χ3v) is 3.24. The number of nitrogens with zero attached hydrogens (tertiary/aromatic N) is 3. The summed E-state index contributed by atoms with van der Waals surface area (Å²) in [7, 11) is 0. The quantitative estimate of drug-likeness (QED) is 0.457. The van der Waals surface area contributed by atoms with Crippen LogP contribution in [0.4, 0.5) is 0 Å². The lowest BCUT2D eigenvalue weighted by Gasteiger charge is -2.16. The summed E-state index contributed by atoms with van der Waals surface area (Å²) in [5.41, 5.74) is 2.30. The molecule has 1 heterocycles. The fourth-order valence-electron chi connectivity index (χ4n) is 1.97. The van der Waals surface area contributed by atoms with Crippen molar-refractivity contribution in [3.63, 3.8) is 0 Å². The van der Waals surface area contributed by atoms with Crippen LogP contribution in [0, 0.1) is 13.8 Å². The molecule has 0 aromatic carbocycles. The molecule has 1 unspecified atom stereocenters. The molecule has 114 valence electrons. The van der Waals surface area contributed by atoms with E-state index in [-0.39, 0.29) is 0 Å². The number of aromatic nitrogens is 2. The number of hydrogen-bond donors (Lipinski definition) is 2. The Morgan fingerprint density at radius 1 is 1.40 bits per heavy atom. The molecule has 0 bridgehead atoms. The van der Waals surface area contributed by atoms with Gasteiger partial charge in [0.1, 0.15) is 0 Å². The maximum Gasteiger partial charge on any atom is 0.191 e. The lowest BCUT2D eigenvalue weighted by Crippen LogP contribution is -2.42. The molecule has 0 radical (unpaired) electrons. The number of aryl methyl sites for hydroxylation is 3. The smallest absolute Gasteiger partial charge is 0.191 e. The fourth-order valence-corrected chi connectivity index (χ4v) is 1.97. The van der Waals surface area contributed by atoms with Crippen molar-refractivity contribution >= 4 is 5.96 Å². The Hall–Kier alpha value is -1.52. The Kier molecular flexibility index (Phi) is 7.12. The van der Waals surface area contributed by atoms with Crippen LogP contribution in [0.2, 0.25) is 0 Å². The van der Waals surface area contributed by atoms with Crippen LogP contribution in [0.15, 0.2) is 11.1 Å². The first-order chi connectivity index (χ1) is 9.56. The minimum Gasteiger partial charge on any atom is -0.357 e. The van der Waals surface area contributed by atoms with Crippen molar-refractivity contribution < 1.29 is 0 Å². The minimum atomic E-state index is 0.448. The van der Waals surface area contributed by atoms with Crippen LogP contribution < -0.4 is 10.6 Å². The van der Waals surface area contributed by atoms with E-state index in [1.807, 2.05) is 6.92 Å². The zero-order valence-electron chi connectivity index (χ0n) is 13.5. The average Bonchev–Trinajstić information content (AvgIpc) is 2.73. The molecule has 1 atom stereocenters. The van der Waals surface area contributed by atoms with Gasteiger partial charge in [0.05, 0.1) is 5.69 Å². The highest BCUT2D eigenvalue weighted by Crippen LogP contribution is 2.02. The monoisotopic (exact) mass is 279 g/mol. The molecule has 0 spiro atoms. The largest absolute Gasteiger partial charge is 0.357 e. The first-order valence-corrected chi connectivity index (χ1v) is 7.62. The third-order valence-electron chi connectivity index (χ3n) is 3.24. The summed E-state index contributed by atoms with van der Waals surface area (Å²) >= 11 is 0. The molecule has 1 rings (SSSR count). The molecule has 1 aromatic rings. The van der Waals surface area contributed by atoms with Gasteiger partial charge in [-0.25, -0.2) is 0 Å². The molecule has 2 N–H and O–H groups in total. The minimum absolute atomic E-state index is 0.448. The normalized spacial score (nSPS) is 13.3. The van der Waals surface area contributed by atoms with Gasteiger partial charge in [0.15, 0.2) is 5.96 Å². The maximum absolute atomic E-state index is 4.61. The Balaban J connectivity index is 2.41. The first-order valence-electron chi connectivity index (χ1n) is 7.62. The van der Waals surface area contributed by atoms with Crippen LogP contribution in [-0.4, -0.2) is 34.9 Å². The third kappa shape index (κ3) is 5.63. The molecule has 0 saturated carbocycles. The Labute approximate surface area is 122 Å². The Morgan fingerprint density at radius 3 is 2.70 bits per heavy atom. The second kappa shape index (κ2) is 8.61. The fraction of sp³-hybridized carbons (Fsp3) is 0.733. The van der Waals surface area contributed by atoms with E-state index in [2.05, 4.69) is 59.2 Å². The summed E-state index contributed by atoms with van der Waals surface area (Å²) in [5.74, 6) is 0.912. The lowest BCUT2D eigenvalue weighted by atomic mass is 10.3. The molecule has 0 saturated heterocycles. The van der Waals surface area contributed by atoms with Crippen LogP contribution in [0.1, 0.15) is 45.0 Å². The maximum atomic E-state index is 4.61. The van der Waals surface area contributed by atoms with Crippen molar-refractivity contribution in [2.24, 2.45) is 4.99 Å². The van der Waals surface area contributed by atoms with Crippen molar-refractivity contribution in [3.8, 4) is 0 Å². The van der Waals surface area contributed by atoms with Gasteiger partial charge in [-0.2, -0.15) is 5.10 Å². The van der Waals surface area contributed by atoms with Gasteiger partial charge in [0.2, 0.25) is 0 Å².